The summed E-state index contributed by atoms with van der Waals surface area (Å²) < 4.78 is 0. The van der Waals surface area contributed by atoms with Crippen LogP contribution in [0.1, 0.15) is 38.2 Å². The van der Waals surface area contributed by atoms with Crippen molar-refractivity contribution < 1.29 is 9.59 Å². The van der Waals surface area contributed by atoms with Crippen LogP contribution in [0.4, 0.5) is 0 Å². The van der Waals surface area contributed by atoms with Crippen LogP contribution in [0.3, 0.4) is 0 Å². The quantitative estimate of drug-likeness (QED) is 0.771. The third-order valence-electron chi connectivity index (χ3n) is 4.31. The molecule has 0 aromatic heterocycles. The molecule has 1 aliphatic carbocycles. The summed E-state index contributed by atoms with van der Waals surface area (Å²) in [5.74, 6) is -0.486. The molecule has 0 radical (unpaired) electrons. The second-order valence-corrected chi connectivity index (χ2v) is 5.99. The Hall–Kier alpha value is -1.88. The summed E-state index contributed by atoms with van der Waals surface area (Å²) in [5.41, 5.74) is 11.2. The second-order valence-electron chi connectivity index (χ2n) is 5.99. The fraction of sp³-hybridized carbons (Fsp3) is 0.500. The molecule has 21 heavy (non-hydrogen) atoms. The minimum Gasteiger partial charge on any atom is -0.369 e. The Kier molecular flexibility index (Phi) is 4.63. The molecule has 5 nitrogen and oxygen atoms in total. The molecule has 1 aromatic rings. The number of rotatable bonds is 4. The fourth-order valence-corrected chi connectivity index (χ4v) is 2.77. The van der Waals surface area contributed by atoms with E-state index in [0.29, 0.717) is 0 Å². The minimum atomic E-state index is -1.05. The van der Waals surface area contributed by atoms with E-state index in [9.17, 15) is 9.59 Å². The maximum atomic E-state index is 12.4. The van der Waals surface area contributed by atoms with Crippen LogP contribution in [0, 0.1) is 5.92 Å². The Balaban J connectivity index is 1.95. The van der Waals surface area contributed by atoms with E-state index in [-0.39, 0.29) is 23.8 Å². The Bertz CT molecular complexity index is 506. The molecule has 5 heteroatoms. The number of nitrogens with one attached hydrogen (secondary N) is 1. The van der Waals surface area contributed by atoms with Crippen LogP contribution in [-0.2, 0) is 15.1 Å². The lowest BCUT2D eigenvalue weighted by Crippen LogP contribution is -2.52. The second kappa shape index (κ2) is 6.26. The van der Waals surface area contributed by atoms with Gasteiger partial charge in [0, 0.05) is 12.0 Å². The van der Waals surface area contributed by atoms with Gasteiger partial charge in [0.05, 0.1) is 0 Å². The molecule has 1 unspecified atom stereocenters. The van der Waals surface area contributed by atoms with Gasteiger partial charge >= 0.3 is 0 Å². The molecule has 1 aromatic carbocycles. The van der Waals surface area contributed by atoms with Crippen LogP contribution < -0.4 is 16.8 Å². The van der Waals surface area contributed by atoms with Gasteiger partial charge in [-0.15, -0.1) is 0 Å². The fourth-order valence-electron chi connectivity index (χ4n) is 2.77. The van der Waals surface area contributed by atoms with Crippen LogP contribution in [0.5, 0.6) is 0 Å². The molecule has 5 N–H and O–H groups in total. The Morgan fingerprint density at radius 1 is 1.14 bits per heavy atom. The van der Waals surface area contributed by atoms with Crippen molar-refractivity contribution in [3.8, 4) is 0 Å². The zero-order valence-electron chi connectivity index (χ0n) is 12.3. The van der Waals surface area contributed by atoms with Crippen molar-refractivity contribution in [2.75, 3.05) is 0 Å². The molecule has 1 aliphatic rings. The highest BCUT2D eigenvalue weighted by atomic mass is 16.2. The SMILES string of the molecule is CC(N)(C(=O)NC1CCC(C(N)=O)CC1)c1ccccc1. The van der Waals surface area contributed by atoms with Crippen LogP contribution in [0.25, 0.3) is 0 Å². The van der Waals surface area contributed by atoms with E-state index in [4.69, 9.17) is 11.5 Å². The number of carbonyl (C=O) groups excluding carboxylic acids is 2. The zero-order valence-corrected chi connectivity index (χ0v) is 12.3. The molecule has 1 saturated carbocycles. The van der Waals surface area contributed by atoms with Crippen LogP contribution in [0.15, 0.2) is 30.3 Å². The van der Waals surface area contributed by atoms with Crippen molar-refractivity contribution in [3.05, 3.63) is 35.9 Å². The number of hydrogen-bond donors (Lipinski definition) is 3. The van der Waals surface area contributed by atoms with Crippen LogP contribution in [-0.4, -0.2) is 17.9 Å². The van der Waals surface area contributed by atoms with Gasteiger partial charge in [-0.1, -0.05) is 30.3 Å². The molecular weight excluding hydrogens is 266 g/mol. The third-order valence-corrected chi connectivity index (χ3v) is 4.31. The lowest BCUT2D eigenvalue weighted by Gasteiger charge is -2.31. The normalized spacial score (nSPS) is 24.9. The van der Waals surface area contributed by atoms with Crippen molar-refractivity contribution in [2.24, 2.45) is 17.4 Å². The van der Waals surface area contributed by atoms with Crippen molar-refractivity contribution >= 4 is 11.8 Å². The average molecular weight is 289 g/mol. The van der Waals surface area contributed by atoms with E-state index in [1.165, 1.54) is 0 Å². The number of hydrogen-bond acceptors (Lipinski definition) is 3. The van der Waals surface area contributed by atoms with E-state index < -0.39 is 5.54 Å². The number of nitrogens with two attached hydrogens (primary N) is 2. The summed E-state index contributed by atoms with van der Waals surface area (Å²) in [6.07, 6.45) is 2.99. The first-order valence-corrected chi connectivity index (χ1v) is 7.36. The molecule has 0 saturated heterocycles. The summed E-state index contributed by atoms with van der Waals surface area (Å²) in [5, 5.41) is 3.00. The molecule has 114 valence electrons. The third kappa shape index (κ3) is 3.61. The van der Waals surface area contributed by atoms with E-state index in [2.05, 4.69) is 5.32 Å². The van der Waals surface area contributed by atoms with Gasteiger partial charge in [0.25, 0.3) is 0 Å². The highest BCUT2D eigenvalue weighted by molar-refractivity contribution is 5.87. The van der Waals surface area contributed by atoms with Gasteiger partial charge in [0.15, 0.2) is 0 Å². The average Bonchev–Trinajstić information content (AvgIpc) is 2.48. The number of amides is 2. The van der Waals surface area contributed by atoms with Gasteiger partial charge in [-0.3, -0.25) is 9.59 Å². The first-order valence-electron chi connectivity index (χ1n) is 7.36. The Morgan fingerprint density at radius 3 is 2.24 bits per heavy atom. The van der Waals surface area contributed by atoms with E-state index in [1.807, 2.05) is 30.3 Å². The van der Waals surface area contributed by atoms with Gasteiger partial charge in [-0.05, 0) is 38.2 Å². The van der Waals surface area contributed by atoms with Crippen LogP contribution >= 0.6 is 0 Å². The van der Waals surface area contributed by atoms with Gasteiger partial charge < -0.3 is 16.8 Å². The highest BCUT2D eigenvalue weighted by Gasteiger charge is 2.33. The number of carbonyl (C=O) groups is 2. The lowest BCUT2D eigenvalue weighted by molar-refractivity contribution is -0.127. The Labute approximate surface area is 125 Å². The van der Waals surface area contributed by atoms with E-state index in [0.717, 1.165) is 31.2 Å². The minimum absolute atomic E-state index is 0.0588. The molecular formula is C16H23N3O2. The smallest absolute Gasteiger partial charge is 0.244 e. The lowest BCUT2D eigenvalue weighted by atomic mass is 9.84. The number of primary amides is 1. The maximum Gasteiger partial charge on any atom is 0.244 e. The zero-order chi connectivity index (χ0) is 15.5. The topological polar surface area (TPSA) is 98.2 Å². The van der Waals surface area contributed by atoms with Gasteiger partial charge in [-0.2, -0.15) is 0 Å². The predicted octanol–water partition coefficient (Wildman–Crippen LogP) is 1.02. The highest BCUT2D eigenvalue weighted by Crippen LogP contribution is 2.25. The molecule has 1 fully saturated rings. The van der Waals surface area contributed by atoms with Crippen molar-refractivity contribution in [3.63, 3.8) is 0 Å². The summed E-state index contributed by atoms with van der Waals surface area (Å²) >= 11 is 0. The molecule has 1 atom stereocenters. The monoisotopic (exact) mass is 289 g/mol. The maximum absolute atomic E-state index is 12.4. The summed E-state index contributed by atoms with van der Waals surface area (Å²) in [6.45, 7) is 1.71. The Morgan fingerprint density at radius 2 is 1.71 bits per heavy atom. The molecule has 0 spiro atoms. The van der Waals surface area contributed by atoms with Gasteiger partial charge in [0.2, 0.25) is 11.8 Å². The summed E-state index contributed by atoms with van der Waals surface area (Å²) in [6, 6.07) is 9.40. The van der Waals surface area contributed by atoms with Crippen molar-refractivity contribution in [1.82, 2.24) is 5.32 Å². The summed E-state index contributed by atoms with van der Waals surface area (Å²) in [7, 11) is 0. The van der Waals surface area contributed by atoms with Crippen molar-refractivity contribution in [2.45, 2.75) is 44.2 Å². The molecule has 0 heterocycles. The first-order chi connectivity index (χ1) is 9.91. The first kappa shape index (κ1) is 15.5. The molecule has 0 bridgehead atoms. The van der Waals surface area contributed by atoms with Crippen molar-refractivity contribution in [1.29, 1.82) is 0 Å². The van der Waals surface area contributed by atoms with E-state index in [1.54, 1.807) is 6.92 Å². The standard InChI is InChI=1S/C16H23N3O2/c1-16(18,12-5-3-2-4-6-12)15(21)19-13-9-7-11(8-10-13)14(17)20/h2-6,11,13H,7-10,18H2,1H3,(H2,17,20)(H,19,21). The van der Waals surface area contributed by atoms with Crippen LogP contribution in [0.2, 0.25) is 0 Å². The van der Waals surface area contributed by atoms with E-state index >= 15 is 0 Å². The van der Waals surface area contributed by atoms with Gasteiger partial charge in [0.1, 0.15) is 5.54 Å². The molecule has 2 amide bonds. The van der Waals surface area contributed by atoms with Gasteiger partial charge in [-0.25, -0.2) is 0 Å². The largest absolute Gasteiger partial charge is 0.369 e. The molecule has 2 rings (SSSR count). The summed E-state index contributed by atoms with van der Waals surface area (Å²) in [4.78, 5) is 23.6. The molecule has 0 aliphatic heterocycles. The number of benzene rings is 1. The predicted molar refractivity (Wildman–Crippen MR) is 81.1 cm³/mol.